The molecule has 1 aliphatic rings. The number of nitrogens with zero attached hydrogens (tertiary/aromatic N) is 1. The second-order valence-electron chi connectivity index (χ2n) is 10.3. The van der Waals surface area contributed by atoms with E-state index in [1.807, 2.05) is 78.9 Å². The summed E-state index contributed by atoms with van der Waals surface area (Å²) >= 11 is 0. The molecule has 2 N–H and O–H groups in total. The van der Waals surface area contributed by atoms with Crippen LogP contribution in [0.1, 0.15) is 41.3 Å². The molecule has 1 aliphatic carbocycles. The molecule has 1 fully saturated rings. The van der Waals surface area contributed by atoms with E-state index in [9.17, 15) is 18.3 Å². The van der Waals surface area contributed by atoms with E-state index < -0.39 is 27.4 Å². The third-order valence-corrected chi connectivity index (χ3v) is 7.83. The third-order valence-electron chi connectivity index (χ3n) is 7.28. The molecule has 1 saturated carbocycles. The van der Waals surface area contributed by atoms with Crippen LogP contribution in [0.5, 0.6) is 0 Å². The maximum Gasteiger partial charge on any atom is 0.244 e. The molecule has 0 aliphatic heterocycles. The molecule has 1 atom stereocenters. The summed E-state index contributed by atoms with van der Waals surface area (Å²) in [6.07, 6.45) is 2.11. The first-order valence-electron chi connectivity index (χ1n) is 13.2. The number of aliphatic hydroxyl groups excluding tert-OH is 1. The van der Waals surface area contributed by atoms with Gasteiger partial charge in [-0.1, -0.05) is 84.0 Å². The van der Waals surface area contributed by atoms with E-state index in [4.69, 9.17) is 9.26 Å². The van der Waals surface area contributed by atoms with Crippen LogP contribution in [0.4, 0.5) is 0 Å². The van der Waals surface area contributed by atoms with E-state index in [1.54, 1.807) is 6.92 Å². The zero-order chi connectivity index (χ0) is 28.3. The molecule has 1 unspecified atom stereocenters. The zero-order valence-electron chi connectivity index (χ0n) is 22.5. The van der Waals surface area contributed by atoms with Gasteiger partial charge in [-0.15, -0.1) is 0 Å². The number of hydrogen-bond donors (Lipinski definition) is 2. The number of nitrogens with one attached hydrogen (secondary N) is 1. The Bertz CT molecular complexity index is 1580. The fourth-order valence-electron chi connectivity index (χ4n) is 4.92. The lowest BCUT2D eigenvalue weighted by Gasteiger charge is -2.15. The number of ether oxygens (including phenoxy) is 1. The first-order valence-corrected chi connectivity index (χ1v) is 15.0. The Labute approximate surface area is 234 Å². The van der Waals surface area contributed by atoms with Crippen LogP contribution in [-0.4, -0.2) is 44.1 Å². The van der Waals surface area contributed by atoms with Gasteiger partial charge in [0.25, 0.3) is 0 Å². The number of carbonyl (C=O) groups excluding carboxylic acids is 1. The van der Waals surface area contributed by atoms with Crippen LogP contribution in [0.2, 0.25) is 0 Å². The van der Waals surface area contributed by atoms with Crippen LogP contribution in [0.25, 0.3) is 22.5 Å². The first kappa shape index (κ1) is 27.8. The van der Waals surface area contributed by atoms with E-state index >= 15 is 0 Å². The summed E-state index contributed by atoms with van der Waals surface area (Å²) in [6.45, 7) is 2.43. The summed E-state index contributed by atoms with van der Waals surface area (Å²) in [7, 11) is -3.61. The van der Waals surface area contributed by atoms with Crippen LogP contribution in [-0.2, 0) is 31.4 Å². The normalized spacial score (nSPS) is 15.0. The lowest BCUT2D eigenvalue weighted by molar-refractivity contribution is -0.121. The van der Waals surface area contributed by atoms with Gasteiger partial charge in [0, 0.05) is 5.56 Å². The molecule has 5 rings (SSSR count). The van der Waals surface area contributed by atoms with Crippen molar-refractivity contribution in [2.24, 2.45) is 0 Å². The van der Waals surface area contributed by atoms with Crippen molar-refractivity contribution in [3.05, 3.63) is 101 Å². The summed E-state index contributed by atoms with van der Waals surface area (Å²) in [5.74, 6) is 0.0279. The molecule has 0 radical (unpaired) electrons. The van der Waals surface area contributed by atoms with Gasteiger partial charge in [-0.3, -0.25) is 9.52 Å². The molecular weight excluding hydrogens is 528 g/mol. The molecule has 9 heteroatoms. The smallest absolute Gasteiger partial charge is 0.244 e. The number of benzene rings is 3. The van der Waals surface area contributed by atoms with Crippen LogP contribution >= 0.6 is 0 Å². The highest BCUT2D eigenvalue weighted by Gasteiger charge is 2.52. The summed E-state index contributed by atoms with van der Waals surface area (Å²) in [6, 6.07) is 25.4. The lowest BCUT2D eigenvalue weighted by Crippen LogP contribution is -2.38. The van der Waals surface area contributed by atoms with Crippen molar-refractivity contribution < 1.29 is 27.6 Å². The number of aromatic nitrogens is 1. The molecule has 4 aromatic rings. The summed E-state index contributed by atoms with van der Waals surface area (Å²) in [5.41, 5.74) is 5.13. The standard InChI is InChI=1S/C31H32N2O6S/c1-21-28(27(34)20-38-19-16-22-6-4-3-5-7-22)29(39-32-21)25-10-8-23(9-11-25)24-12-14-26(15-13-24)31(17-18-31)30(35)33-40(2,36)37/h3-15,27,34H,16-20H2,1-2H3,(H,33,35). The van der Waals surface area contributed by atoms with E-state index in [0.29, 0.717) is 36.5 Å². The van der Waals surface area contributed by atoms with Gasteiger partial charge in [0.2, 0.25) is 15.9 Å². The number of aliphatic hydroxyl groups is 1. The van der Waals surface area contributed by atoms with Crippen LogP contribution in [0.3, 0.4) is 0 Å². The van der Waals surface area contributed by atoms with Crippen molar-refractivity contribution in [1.29, 1.82) is 0 Å². The van der Waals surface area contributed by atoms with Crippen molar-refractivity contribution in [2.45, 2.75) is 37.7 Å². The Morgan fingerprint density at radius 1 is 1.00 bits per heavy atom. The third kappa shape index (κ3) is 6.17. The van der Waals surface area contributed by atoms with Crippen molar-refractivity contribution in [2.75, 3.05) is 19.5 Å². The molecule has 0 bridgehead atoms. The molecular formula is C31H32N2O6S. The van der Waals surface area contributed by atoms with Gasteiger partial charge in [-0.2, -0.15) is 0 Å². The average Bonchev–Trinajstić information content (AvgIpc) is 3.67. The molecule has 3 aromatic carbocycles. The number of carbonyl (C=O) groups is 1. The van der Waals surface area contributed by atoms with Crippen molar-refractivity contribution >= 4 is 15.9 Å². The summed E-state index contributed by atoms with van der Waals surface area (Å²) in [4.78, 5) is 12.6. The quantitative estimate of drug-likeness (QED) is 0.255. The second kappa shape index (κ2) is 11.4. The largest absolute Gasteiger partial charge is 0.386 e. The number of hydrogen-bond acceptors (Lipinski definition) is 7. The number of sulfonamides is 1. The van der Waals surface area contributed by atoms with E-state index in [2.05, 4.69) is 9.88 Å². The molecule has 40 heavy (non-hydrogen) atoms. The SMILES string of the molecule is Cc1noc(-c2ccc(-c3ccc(C4(C(=O)NS(C)(=O)=O)CC4)cc3)cc2)c1C(O)COCCc1ccccc1. The van der Waals surface area contributed by atoms with Crippen LogP contribution in [0, 0.1) is 6.92 Å². The lowest BCUT2D eigenvalue weighted by atomic mass is 9.93. The van der Waals surface area contributed by atoms with E-state index in [1.165, 1.54) is 5.56 Å². The maximum absolute atomic E-state index is 12.6. The Morgan fingerprint density at radius 2 is 1.60 bits per heavy atom. The predicted octanol–water partition coefficient (Wildman–Crippen LogP) is 4.72. The number of aryl methyl sites for hydroxylation is 1. The Kier molecular flexibility index (Phi) is 7.89. The second-order valence-corrected chi connectivity index (χ2v) is 12.0. The molecule has 1 aromatic heterocycles. The first-order chi connectivity index (χ1) is 19.2. The summed E-state index contributed by atoms with van der Waals surface area (Å²) in [5, 5.41) is 15.0. The van der Waals surface area contributed by atoms with Crippen molar-refractivity contribution in [3.63, 3.8) is 0 Å². The highest BCUT2D eigenvalue weighted by Crippen LogP contribution is 2.48. The summed E-state index contributed by atoms with van der Waals surface area (Å²) < 4.78 is 36.5. The van der Waals surface area contributed by atoms with Gasteiger partial charge >= 0.3 is 0 Å². The van der Waals surface area contributed by atoms with E-state index in [0.717, 1.165) is 34.9 Å². The Balaban J connectivity index is 1.25. The number of amides is 1. The molecule has 1 heterocycles. The molecule has 0 saturated heterocycles. The molecule has 0 spiro atoms. The van der Waals surface area contributed by atoms with Crippen molar-refractivity contribution in [3.8, 4) is 22.5 Å². The predicted molar refractivity (Wildman–Crippen MR) is 152 cm³/mol. The monoisotopic (exact) mass is 560 g/mol. The fourth-order valence-corrected chi connectivity index (χ4v) is 5.46. The molecule has 208 valence electrons. The Hall–Kier alpha value is -3.79. The minimum Gasteiger partial charge on any atom is -0.386 e. The highest BCUT2D eigenvalue weighted by atomic mass is 32.2. The van der Waals surface area contributed by atoms with Gasteiger partial charge in [0.15, 0.2) is 5.76 Å². The number of rotatable bonds is 11. The molecule has 8 nitrogen and oxygen atoms in total. The minimum absolute atomic E-state index is 0.135. The van der Waals surface area contributed by atoms with Gasteiger partial charge in [-0.25, -0.2) is 8.42 Å². The van der Waals surface area contributed by atoms with Gasteiger partial charge in [-0.05, 0) is 48.4 Å². The van der Waals surface area contributed by atoms with Crippen LogP contribution < -0.4 is 4.72 Å². The highest BCUT2D eigenvalue weighted by molar-refractivity contribution is 7.89. The van der Waals surface area contributed by atoms with E-state index in [-0.39, 0.29) is 6.61 Å². The Morgan fingerprint density at radius 3 is 2.20 bits per heavy atom. The van der Waals surface area contributed by atoms with Gasteiger partial charge in [0.05, 0.1) is 36.1 Å². The average molecular weight is 561 g/mol. The molecule has 1 amide bonds. The topological polar surface area (TPSA) is 119 Å². The van der Waals surface area contributed by atoms with Gasteiger partial charge < -0.3 is 14.4 Å². The minimum atomic E-state index is -3.61. The van der Waals surface area contributed by atoms with Crippen molar-refractivity contribution in [1.82, 2.24) is 9.88 Å². The zero-order valence-corrected chi connectivity index (χ0v) is 23.3. The maximum atomic E-state index is 12.6. The fraction of sp³-hybridized carbons (Fsp3) is 0.290. The van der Waals surface area contributed by atoms with Crippen LogP contribution in [0.15, 0.2) is 83.4 Å². The van der Waals surface area contributed by atoms with Gasteiger partial charge in [0.1, 0.15) is 6.10 Å².